The fourth-order valence-corrected chi connectivity index (χ4v) is 4.93. The number of rotatable bonds is 9. The second kappa shape index (κ2) is 12.4. The number of anilines is 1. The minimum absolute atomic E-state index is 0.129. The Kier molecular flexibility index (Phi) is 8.84. The zero-order valence-corrected chi connectivity index (χ0v) is 22.3. The van der Waals surface area contributed by atoms with Crippen molar-refractivity contribution in [3.63, 3.8) is 0 Å². The van der Waals surface area contributed by atoms with Crippen LogP contribution in [0, 0.1) is 0 Å². The van der Waals surface area contributed by atoms with Crippen molar-refractivity contribution in [3.8, 4) is 0 Å². The van der Waals surface area contributed by atoms with E-state index in [2.05, 4.69) is 21.9 Å². The van der Waals surface area contributed by atoms with Crippen LogP contribution < -0.4 is 21.1 Å². The largest absolute Gasteiger partial charge is 0.501 e. The molecule has 37 heavy (non-hydrogen) atoms. The Balaban J connectivity index is 1.54. The van der Waals surface area contributed by atoms with E-state index in [-0.39, 0.29) is 11.9 Å². The average Bonchev–Trinajstić information content (AvgIpc) is 3.43. The van der Waals surface area contributed by atoms with E-state index in [0.29, 0.717) is 22.8 Å². The van der Waals surface area contributed by atoms with Crippen molar-refractivity contribution in [2.24, 2.45) is 10.7 Å². The summed E-state index contributed by atoms with van der Waals surface area (Å²) in [6.07, 6.45) is 12.3. The number of hydrogen-bond acceptors (Lipinski definition) is 8. The van der Waals surface area contributed by atoms with Crippen LogP contribution in [0.4, 0.5) is 5.69 Å². The topological polar surface area (TPSA) is 101 Å². The van der Waals surface area contributed by atoms with Gasteiger partial charge >= 0.3 is 0 Å². The van der Waals surface area contributed by atoms with Crippen LogP contribution in [0.1, 0.15) is 23.0 Å². The predicted octanol–water partition coefficient (Wildman–Crippen LogP) is 5.64. The number of hydrogen-bond donors (Lipinski definition) is 4. The second-order valence-corrected chi connectivity index (χ2v) is 10.1. The fraction of sp³-hybridized carbons (Fsp3) is 0.143. The molecule has 190 valence electrons. The highest BCUT2D eigenvalue weighted by molar-refractivity contribution is 7.97. The van der Waals surface area contributed by atoms with Crippen molar-refractivity contribution < 1.29 is 9.53 Å². The van der Waals surface area contributed by atoms with Crippen LogP contribution >= 0.6 is 23.3 Å². The summed E-state index contributed by atoms with van der Waals surface area (Å²) >= 11 is 2.80. The Morgan fingerprint density at radius 3 is 2.81 bits per heavy atom. The van der Waals surface area contributed by atoms with E-state index < -0.39 is 0 Å². The van der Waals surface area contributed by atoms with E-state index in [1.165, 1.54) is 23.3 Å². The smallest absolute Gasteiger partial charge is 0.265 e. The van der Waals surface area contributed by atoms with E-state index in [4.69, 9.17) is 15.5 Å². The van der Waals surface area contributed by atoms with E-state index in [1.54, 1.807) is 13.2 Å². The lowest BCUT2D eigenvalue weighted by molar-refractivity contribution is 0.103. The highest BCUT2D eigenvalue weighted by Gasteiger charge is 2.14. The van der Waals surface area contributed by atoms with Crippen molar-refractivity contribution in [1.82, 2.24) is 10.0 Å². The number of thiophene rings is 1. The second-order valence-electron chi connectivity index (χ2n) is 8.31. The monoisotopic (exact) mass is 531 g/mol. The van der Waals surface area contributed by atoms with Gasteiger partial charge in [0.05, 0.1) is 29.2 Å². The molecular weight excluding hydrogens is 502 g/mol. The summed E-state index contributed by atoms with van der Waals surface area (Å²) in [6.45, 7) is 6.03. The summed E-state index contributed by atoms with van der Waals surface area (Å²) in [6, 6.07) is 11.2. The zero-order valence-electron chi connectivity index (χ0n) is 20.7. The third-order valence-corrected chi connectivity index (χ3v) is 7.08. The molecule has 2 aliphatic carbocycles. The van der Waals surface area contributed by atoms with Crippen LogP contribution in [-0.2, 0) is 4.74 Å². The Bertz CT molecular complexity index is 1350. The number of carbonyl (C=O) groups excluding carboxylic acids is 1. The van der Waals surface area contributed by atoms with Gasteiger partial charge in [0, 0.05) is 28.7 Å². The molecule has 0 radical (unpaired) electrons. The minimum Gasteiger partial charge on any atom is -0.501 e. The Morgan fingerprint density at radius 2 is 2.05 bits per heavy atom. The maximum atomic E-state index is 12.4. The highest BCUT2D eigenvalue weighted by atomic mass is 32.2. The first-order valence-electron chi connectivity index (χ1n) is 11.6. The van der Waals surface area contributed by atoms with Gasteiger partial charge in [-0.2, -0.15) is 0 Å². The number of nitrogens with one attached hydrogen (secondary N) is 3. The summed E-state index contributed by atoms with van der Waals surface area (Å²) in [5.41, 5.74) is 10.1. The average molecular weight is 532 g/mol. The predicted molar refractivity (Wildman–Crippen MR) is 154 cm³/mol. The maximum absolute atomic E-state index is 12.4. The molecule has 1 aromatic carbocycles. The first-order valence-corrected chi connectivity index (χ1v) is 13.3. The number of nitrogens with two attached hydrogens (primary N) is 1. The van der Waals surface area contributed by atoms with Crippen LogP contribution in [0.5, 0.6) is 0 Å². The number of aliphatic imine (C=N–C) groups is 1. The lowest BCUT2D eigenvalue weighted by Gasteiger charge is -2.20. The minimum atomic E-state index is -0.134. The summed E-state index contributed by atoms with van der Waals surface area (Å²) in [4.78, 5) is 18.9. The summed E-state index contributed by atoms with van der Waals surface area (Å²) in [5.74, 6) is 1.31. The molecule has 0 aliphatic heterocycles. The standard InChI is InChI=1S/C28H29N5O2S2/c1-18-8-4-5-11-25(18)32-27(19(2)30-22-14-20(29)15-23(16-22)35-3)33-37-24-10-6-9-21(17-24)31-28(34)26-12-7-13-36-26/h4-14,16-17,20,30,33H,1,15,29H2,2-3H3,(H,31,34)/b27-19-,32-25-. The molecule has 0 fully saturated rings. The molecule has 4 rings (SSSR count). The van der Waals surface area contributed by atoms with Crippen LogP contribution in [-0.4, -0.2) is 24.8 Å². The van der Waals surface area contributed by atoms with Crippen molar-refractivity contribution in [3.05, 3.63) is 118 Å². The SMILES string of the molecule is C=C1C=CC=C/C1=N/C(NSc1cccc(NC(=O)c2cccs2)c1)=C(\C)NC1=CC(N)CC(OC)=C1. The molecule has 2 aromatic rings. The third kappa shape index (κ3) is 7.36. The van der Waals surface area contributed by atoms with E-state index >= 15 is 0 Å². The van der Waals surface area contributed by atoms with Gasteiger partial charge in [0.25, 0.3) is 5.91 Å². The lowest BCUT2D eigenvalue weighted by atomic mass is 10.1. The summed E-state index contributed by atoms with van der Waals surface area (Å²) in [7, 11) is 1.64. The van der Waals surface area contributed by atoms with Crippen molar-refractivity contribution in [2.45, 2.75) is 24.3 Å². The van der Waals surface area contributed by atoms with Gasteiger partial charge in [-0.25, -0.2) is 4.99 Å². The molecule has 9 heteroatoms. The molecule has 5 N–H and O–H groups in total. The van der Waals surface area contributed by atoms with Crippen molar-refractivity contribution in [2.75, 3.05) is 12.4 Å². The first kappa shape index (κ1) is 26.3. The molecule has 1 atom stereocenters. The molecular formula is C28H29N5O2S2. The first-order chi connectivity index (χ1) is 17.9. The lowest BCUT2D eigenvalue weighted by Crippen LogP contribution is -2.26. The molecule has 0 bridgehead atoms. The fourth-order valence-electron chi connectivity index (χ4n) is 3.57. The number of methoxy groups -OCH3 is 1. The number of nitrogens with zero attached hydrogens (tertiary/aromatic N) is 1. The van der Waals surface area contributed by atoms with Gasteiger partial charge in [0.2, 0.25) is 0 Å². The molecule has 1 heterocycles. The van der Waals surface area contributed by atoms with Gasteiger partial charge in [0.15, 0.2) is 5.82 Å². The quantitative estimate of drug-likeness (QED) is 0.312. The molecule has 7 nitrogen and oxygen atoms in total. The van der Waals surface area contributed by atoms with E-state index in [9.17, 15) is 4.79 Å². The third-order valence-electron chi connectivity index (χ3n) is 5.42. The van der Waals surface area contributed by atoms with Gasteiger partial charge in [-0.05, 0) is 72.3 Å². The van der Waals surface area contributed by atoms with Crippen LogP contribution in [0.15, 0.2) is 123 Å². The van der Waals surface area contributed by atoms with Gasteiger partial charge in [-0.1, -0.05) is 36.9 Å². The highest BCUT2D eigenvalue weighted by Crippen LogP contribution is 2.24. The summed E-state index contributed by atoms with van der Waals surface area (Å²) in [5, 5.41) is 8.23. The van der Waals surface area contributed by atoms with Gasteiger partial charge < -0.3 is 25.8 Å². The number of amides is 1. The van der Waals surface area contributed by atoms with Crippen molar-refractivity contribution in [1.29, 1.82) is 0 Å². The molecule has 0 saturated carbocycles. The maximum Gasteiger partial charge on any atom is 0.265 e. The molecule has 0 spiro atoms. The number of carbonyl (C=O) groups is 1. The number of benzene rings is 1. The molecule has 1 amide bonds. The Morgan fingerprint density at radius 1 is 1.22 bits per heavy atom. The summed E-state index contributed by atoms with van der Waals surface area (Å²) < 4.78 is 8.78. The van der Waals surface area contributed by atoms with E-state index in [1.807, 2.05) is 79.1 Å². The van der Waals surface area contributed by atoms with Gasteiger partial charge in [-0.15, -0.1) is 11.3 Å². The van der Waals surface area contributed by atoms with Gasteiger partial charge in [0.1, 0.15) is 0 Å². The zero-order chi connectivity index (χ0) is 26.2. The normalized spacial score (nSPS) is 18.6. The number of allylic oxidation sites excluding steroid dienone is 7. The molecule has 2 aliphatic rings. The number of ether oxygens (including phenoxy) is 1. The molecule has 1 aromatic heterocycles. The molecule has 0 saturated heterocycles. The Labute approximate surface area is 225 Å². The van der Waals surface area contributed by atoms with Crippen LogP contribution in [0.25, 0.3) is 0 Å². The van der Waals surface area contributed by atoms with Crippen molar-refractivity contribution >= 4 is 40.6 Å². The van der Waals surface area contributed by atoms with E-state index in [0.717, 1.165) is 33.3 Å². The Hall–Kier alpha value is -3.79. The molecule has 1 unspecified atom stereocenters. The van der Waals surface area contributed by atoms with Gasteiger partial charge in [-0.3, -0.25) is 4.79 Å². The van der Waals surface area contributed by atoms with Crippen LogP contribution in [0.3, 0.4) is 0 Å². The van der Waals surface area contributed by atoms with Crippen LogP contribution in [0.2, 0.25) is 0 Å².